The van der Waals surface area contributed by atoms with Crippen molar-refractivity contribution in [2.45, 2.75) is 52.4 Å². The van der Waals surface area contributed by atoms with E-state index in [0.717, 1.165) is 0 Å². The van der Waals surface area contributed by atoms with Gasteiger partial charge in [-0.1, -0.05) is 52.4 Å². The topological polar surface area (TPSA) is 0 Å². The first kappa shape index (κ1) is 11.8. The lowest BCUT2D eigenvalue weighted by Crippen LogP contribution is -1.73. The van der Waals surface area contributed by atoms with Crippen molar-refractivity contribution in [1.29, 1.82) is 0 Å². The van der Waals surface area contributed by atoms with Crippen molar-refractivity contribution in [2.24, 2.45) is 0 Å². The van der Waals surface area contributed by atoms with Gasteiger partial charge in [0.1, 0.15) is 0 Å². The largest absolute Gasteiger partial charge is 0.0654 e. The molecule has 0 spiro atoms. The Labute approximate surface area is 61.6 Å². The van der Waals surface area contributed by atoms with E-state index in [1.54, 1.807) is 0 Å². The summed E-state index contributed by atoms with van der Waals surface area (Å²) < 4.78 is 0. The molecule has 0 aromatic rings. The fraction of sp³-hybridized carbons (Fsp3) is 1.00. The van der Waals surface area contributed by atoms with Gasteiger partial charge >= 0.3 is 0 Å². The van der Waals surface area contributed by atoms with Gasteiger partial charge < -0.3 is 0 Å². The molecule has 1 heteroatoms. The summed E-state index contributed by atoms with van der Waals surface area (Å²) in [5.41, 5.74) is 0. The summed E-state index contributed by atoms with van der Waals surface area (Å²) in [4.78, 5) is 0. The molecule has 0 saturated carbocycles. The quantitative estimate of drug-likeness (QED) is 0.391. The number of rotatable bonds is 5. The standard InChI is InChI=1S/C8H18.B/c1-3-5-7-8-6-4-2;/h3-8H2,1-2H3;. The highest BCUT2D eigenvalue weighted by Crippen LogP contribution is 2.03. The molecule has 0 aromatic carbocycles. The molecule has 0 rings (SSSR count). The zero-order chi connectivity index (χ0) is 6.24. The van der Waals surface area contributed by atoms with Crippen LogP contribution < -0.4 is 0 Å². The summed E-state index contributed by atoms with van der Waals surface area (Å²) in [7, 11) is 0. The van der Waals surface area contributed by atoms with Crippen LogP contribution in [0.3, 0.4) is 0 Å². The van der Waals surface area contributed by atoms with Gasteiger partial charge in [-0.25, -0.2) is 0 Å². The van der Waals surface area contributed by atoms with Gasteiger partial charge in [-0.2, -0.15) is 0 Å². The normalized spacial score (nSPS) is 8.67. The number of hydrogen-bond donors (Lipinski definition) is 0. The Bertz CT molecular complexity index is 29.5. The maximum Gasteiger partial charge on any atom is 0 e. The Balaban J connectivity index is 0. The van der Waals surface area contributed by atoms with E-state index in [1.807, 2.05) is 0 Å². The summed E-state index contributed by atoms with van der Waals surface area (Å²) in [6.45, 7) is 4.51. The highest BCUT2D eigenvalue weighted by molar-refractivity contribution is 5.75. The second-order valence-electron chi connectivity index (χ2n) is 2.41. The van der Waals surface area contributed by atoms with Gasteiger partial charge in [-0.05, 0) is 0 Å². The summed E-state index contributed by atoms with van der Waals surface area (Å²) in [6, 6.07) is 0. The van der Waals surface area contributed by atoms with Gasteiger partial charge in [0.2, 0.25) is 0 Å². The molecule has 0 aliphatic carbocycles. The third kappa shape index (κ3) is 11.6. The van der Waals surface area contributed by atoms with Crippen LogP contribution in [0.15, 0.2) is 0 Å². The third-order valence-electron chi connectivity index (χ3n) is 1.46. The van der Waals surface area contributed by atoms with E-state index in [4.69, 9.17) is 0 Å². The molecule has 0 aliphatic rings. The second kappa shape index (κ2) is 10.9. The van der Waals surface area contributed by atoms with E-state index >= 15 is 0 Å². The molecule has 0 nitrogen and oxygen atoms in total. The maximum atomic E-state index is 2.26. The van der Waals surface area contributed by atoms with E-state index < -0.39 is 0 Å². The summed E-state index contributed by atoms with van der Waals surface area (Å²) in [5, 5.41) is 0. The van der Waals surface area contributed by atoms with Gasteiger partial charge in [0, 0.05) is 8.41 Å². The van der Waals surface area contributed by atoms with Crippen LogP contribution in [-0.4, -0.2) is 8.41 Å². The van der Waals surface area contributed by atoms with Crippen molar-refractivity contribution in [3.8, 4) is 0 Å². The van der Waals surface area contributed by atoms with Crippen molar-refractivity contribution >= 4 is 8.41 Å². The van der Waals surface area contributed by atoms with Crippen LogP contribution in [0.2, 0.25) is 0 Å². The molecule has 0 fully saturated rings. The Hall–Kier alpha value is 0.0649. The van der Waals surface area contributed by atoms with E-state index in [9.17, 15) is 0 Å². The van der Waals surface area contributed by atoms with Gasteiger partial charge in [0.05, 0.1) is 0 Å². The first-order chi connectivity index (χ1) is 3.91. The predicted molar refractivity (Wildman–Crippen MR) is 44.8 cm³/mol. The molecule has 0 atom stereocenters. The van der Waals surface area contributed by atoms with Gasteiger partial charge in [-0.3, -0.25) is 0 Å². The molecule has 0 aromatic heterocycles. The number of hydrogen-bond acceptors (Lipinski definition) is 0. The van der Waals surface area contributed by atoms with Crippen molar-refractivity contribution < 1.29 is 0 Å². The SMILES string of the molecule is CCCCCCCC.[B]. The van der Waals surface area contributed by atoms with Crippen LogP contribution >= 0.6 is 0 Å². The molecular formula is C8H18B. The second-order valence-corrected chi connectivity index (χ2v) is 2.41. The van der Waals surface area contributed by atoms with Crippen LogP contribution in [0, 0.1) is 0 Å². The van der Waals surface area contributed by atoms with Crippen molar-refractivity contribution in [3.63, 3.8) is 0 Å². The molecule has 3 radical (unpaired) electrons. The Morgan fingerprint density at radius 1 is 0.667 bits per heavy atom. The molecule has 53 valence electrons. The minimum atomic E-state index is 0. The summed E-state index contributed by atoms with van der Waals surface area (Å²) >= 11 is 0. The fourth-order valence-electron chi connectivity index (χ4n) is 0.854. The Kier molecular flexibility index (Phi) is 14.4. The molecule has 0 aliphatic heterocycles. The first-order valence-corrected chi connectivity index (χ1v) is 3.91. The highest BCUT2D eigenvalue weighted by atomic mass is 13.9. The van der Waals surface area contributed by atoms with Crippen molar-refractivity contribution in [3.05, 3.63) is 0 Å². The van der Waals surface area contributed by atoms with Gasteiger partial charge in [-0.15, -0.1) is 0 Å². The lowest BCUT2D eigenvalue weighted by atomic mass is 10.1. The molecule has 0 bridgehead atoms. The van der Waals surface area contributed by atoms with Gasteiger partial charge in [0.25, 0.3) is 0 Å². The zero-order valence-electron chi connectivity index (χ0n) is 6.82. The lowest BCUT2D eigenvalue weighted by Gasteiger charge is -1.93. The lowest BCUT2D eigenvalue weighted by molar-refractivity contribution is 0.624. The molecular weight excluding hydrogens is 107 g/mol. The fourth-order valence-corrected chi connectivity index (χ4v) is 0.854. The summed E-state index contributed by atoms with van der Waals surface area (Å²) in [5.74, 6) is 0. The van der Waals surface area contributed by atoms with E-state index in [2.05, 4.69) is 13.8 Å². The number of unbranched alkanes of at least 4 members (excludes halogenated alkanes) is 5. The zero-order valence-corrected chi connectivity index (χ0v) is 6.82. The first-order valence-electron chi connectivity index (χ1n) is 3.91. The van der Waals surface area contributed by atoms with Crippen LogP contribution in [0.4, 0.5) is 0 Å². The monoisotopic (exact) mass is 125 g/mol. The Morgan fingerprint density at radius 3 is 1.22 bits per heavy atom. The van der Waals surface area contributed by atoms with E-state index in [0.29, 0.717) is 0 Å². The third-order valence-corrected chi connectivity index (χ3v) is 1.46. The molecule has 0 amide bonds. The predicted octanol–water partition coefficient (Wildman–Crippen LogP) is 2.99. The maximum absolute atomic E-state index is 2.26. The molecule has 9 heavy (non-hydrogen) atoms. The minimum Gasteiger partial charge on any atom is -0.0654 e. The smallest absolute Gasteiger partial charge is 0 e. The van der Waals surface area contributed by atoms with Crippen LogP contribution in [0.5, 0.6) is 0 Å². The molecule has 0 heterocycles. The molecule has 0 unspecified atom stereocenters. The average molecular weight is 125 g/mol. The highest BCUT2D eigenvalue weighted by Gasteiger charge is 1.83. The van der Waals surface area contributed by atoms with Crippen LogP contribution in [-0.2, 0) is 0 Å². The van der Waals surface area contributed by atoms with Crippen LogP contribution in [0.25, 0.3) is 0 Å². The van der Waals surface area contributed by atoms with Gasteiger partial charge in [0.15, 0.2) is 0 Å². The van der Waals surface area contributed by atoms with Crippen molar-refractivity contribution in [2.75, 3.05) is 0 Å². The van der Waals surface area contributed by atoms with Crippen molar-refractivity contribution in [1.82, 2.24) is 0 Å². The van der Waals surface area contributed by atoms with E-state index in [-0.39, 0.29) is 8.41 Å². The minimum absolute atomic E-state index is 0. The molecule has 0 saturated heterocycles. The Morgan fingerprint density at radius 2 is 1.00 bits per heavy atom. The van der Waals surface area contributed by atoms with Crippen LogP contribution in [0.1, 0.15) is 52.4 Å². The summed E-state index contributed by atoms with van der Waals surface area (Å²) in [6.07, 6.45) is 8.49. The van der Waals surface area contributed by atoms with E-state index in [1.165, 1.54) is 38.5 Å². The average Bonchev–Trinajstić information content (AvgIpc) is 1.81. The molecule has 0 N–H and O–H groups in total.